The Morgan fingerprint density at radius 3 is 2.71 bits per heavy atom. The van der Waals surface area contributed by atoms with Crippen molar-refractivity contribution in [2.75, 3.05) is 13.2 Å². The molecule has 116 valence electrons. The number of rotatable bonds is 11. The van der Waals surface area contributed by atoms with Crippen LogP contribution < -0.4 is 10.1 Å². The molecular weight excluding hydrogens is 326 g/mol. The average molecular weight is 352 g/mol. The van der Waals surface area contributed by atoms with Crippen LogP contribution in [0.5, 0.6) is 5.75 Å². The molecule has 0 aliphatic rings. The summed E-state index contributed by atoms with van der Waals surface area (Å²) >= 11 is 3.50. The van der Waals surface area contributed by atoms with Gasteiger partial charge in [0.2, 0.25) is 0 Å². The molecule has 0 aliphatic heterocycles. The molecule has 0 aliphatic carbocycles. The fourth-order valence-corrected chi connectivity index (χ4v) is 2.61. The van der Waals surface area contributed by atoms with Crippen molar-refractivity contribution in [1.82, 2.24) is 5.32 Å². The van der Waals surface area contributed by atoms with Crippen molar-refractivity contribution in [3.05, 3.63) is 28.2 Å². The van der Waals surface area contributed by atoms with Gasteiger partial charge < -0.3 is 10.1 Å². The summed E-state index contributed by atoms with van der Waals surface area (Å²) in [6, 6.07) is 6.02. The normalized spacial score (nSPS) is 10.3. The molecule has 0 amide bonds. The molecule has 21 heavy (non-hydrogen) atoms. The Kier molecular flexibility index (Phi) is 10.0. The molecule has 0 atom stereocenters. The second-order valence-electron chi connectivity index (χ2n) is 5.19. The number of halogens is 1. The van der Waals surface area contributed by atoms with Crippen LogP contribution in [0.3, 0.4) is 0 Å². The van der Waals surface area contributed by atoms with Crippen molar-refractivity contribution in [2.45, 2.75) is 52.0 Å². The van der Waals surface area contributed by atoms with Crippen molar-refractivity contribution in [3.63, 3.8) is 0 Å². The highest BCUT2D eigenvalue weighted by atomic mass is 79.9. The third kappa shape index (κ3) is 8.14. The van der Waals surface area contributed by atoms with Gasteiger partial charge in [-0.1, -0.05) is 60.9 Å². The molecule has 1 aromatic carbocycles. The highest BCUT2D eigenvalue weighted by molar-refractivity contribution is 9.10. The molecule has 0 spiro atoms. The van der Waals surface area contributed by atoms with Gasteiger partial charge in [0, 0.05) is 16.6 Å². The largest absolute Gasteiger partial charge is 0.481 e. The van der Waals surface area contributed by atoms with Crippen LogP contribution in [-0.4, -0.2) is 13.2 Å². The summed E-state index contributed by atoms with van der Waals surface area (Å²) in [7, 11) is 0. The van der Waals surface area contributed by atoms with Crippen LogP contribution in [-0.2, 0) is 6.54 Å². The molecule has 0 aromatic heterocycles. The first-order chi connectivity index (χ1) is 10.3. The van der Waals surface area contributed by atoms with Crippen molar-refractivity contribution in [2.24, 2.45) is 0 Å². The van der Waals surface area contributed by atoms with E-state index >= 15 is 0 Å². The fraction of sp³-hybridized carbons (Fsp3) is 0.556. The third-order valence-corrected chi connectivity index (χ3v) is 3.85. The first-order valence-corrected chi connectivity index (χ1v) is 8.62. The summed E-state index contributed by atoms with van der Waals surface area (Å²) in [6.07, 6.45) is 13.2. The van der Waals surface area contributed by atoms with E-state index in [0.29, 0.717) is 6.61 Å². The van der Waals surface area contributed by atoms with E-state index in [4.69, 9.17) is 11.2 Å². The van der Waals surface area contributed by atoms with Gasteiger partial charge in [-0.3, -0.25) is 0 Å². The van der Waals surface area contributed by atoms with E-state index in [2.05, 4.69) is 40.2 Å². The van der Waals surface area contributed by atoms with Gasteiger partial charge in [-0.05, 0) is 31.2 Å². The lowest BCUT2D eigenvalue weighted by atomic mass is 10.1. The zero-order chi connectivity index (χ0) is 15.3. The van der Waals surface area contributed by atoms with E-state index in [1.54, 1.807) is 0 Å². The third-order valence-electron chi connectivity index (χ3n) is 3.36. The molecule has 0 saturated carbocycles. The molecule has 0 unspecified atom stereocenters. The van der Waals surface area contributed by atoms with Crippen molar-refractivity contribution < 1.29 is 4.74 Å². The Morgan fingerprint density at radius 2 is 1.95 bits per heavy atom. The van der Waals surface area contributed by atoms with Crippen LogP contribution in [0.4, 0.5) is 0 Å². The molecule has 1 rings (SSSR count). The van der Waals surface area contributed by atoms with Crippen molar-refractivity contribution >= 4 is 15.9 Å². The molecule has 0 bridgehead atoms. The second-order valence-corrected chi connectivity index (χ2v) is 6.11. The summed E-state index contributed by atoms with van der Waals surface area (Å²) in [5, 5.41) is 3.48. The number of terminal acetylenes is 1. The van der Waals surface area contributed by atoms with Gasteiger partial charge >= 0.3 is 0 Å². The standard InChI is InChI=1S/C18H26BrNO/c1-3-5-6-7-8-9-12-20-15-16-14-17(19)10-11-18(16)21-13-4-2/h2,10-11,14,20H,3,5-9,12-13,15H2,1H3. The Labute approximate surface area is 137 Å². The van der Waals surface area contributed by atoms with E-state index in [1.165, 1.54) is 38.5 Å². The first kappa shape index (κ1) is 18.1. The molecule has 1 aromatic rings. The second kappa shape index (κ2) is 11.7. The highest BCUT2D eigenvalue weighted by Crippen LogP contribution is 2.23. The molecular formula is C18H26BrNO. The quantitative estimate of drug-likeness (QED) is 0.451. The Morgan fingerprint density at radius 1 is 1.19 bits per heavy atom. The summed E-state index contributed by atoms with van der Waals surface area (Å²) in [4.78, 5) is 0. The van der Waals surface area contributed by atoms with E-state index in [-0.39, 0.29) is 0 Å². The minimum Gasteiger partial charge on any atom is -0.481 e. The van der Waals surface area contributed by atoms with Gasteiger partial charge in [0.1, 0.15) is 12.4 Å². The van der Waals surface area contributed by atoms with Crippen LogP contribution in [0, 0.1) is 12.3 Å². The molecule has 1 N–H and O–H groups in total. The first-order valence-electron chi connectivity index (χ1n) is 7.83. The SMILES string of the molecule is C#CCOc1ccc(Br)cc1CNCCCCCCCC. The Balaban J connectivity index is 2.27. The fourth-order valence-electron chi connectivity index (χ4n) is 2.20. The van der Waals surface area contributed by atoms with Gasteiger partial charge in [-0.15, -0.1) is 6.42 Å². The molecule has 0 heterocycles. The van der Waals surface area contributed by atoms with E-state index in [0.717, 1.165) is 28.9 Å². The van der Waals surface area contributed by atoms with Gasteiger partial charge in [0.05, 0.1) is 0 Å². The number of hydrogen-bond donors (Lipinski definition) is 1. The summed E-state index contributed by atoms with van der Waals surface area (Å²) in [5.74, 6) is 3.37. The van der Waals surface area contributed by atoms with Gasteiger partial charge in [-0.2, -0.15) is 0 Å². The number of benzene rings is 1. The topological polar surface area (TPSA) is 21.3 Å². The molecule has 0 fully saturated rings. The minimum absolute atomic E-state index is 0.312. The average Bonchev–Trinajstić information content (AvgIpc) is 2.49. The Hall–Kier alpha value is -0.980. The van der Waals surface area contributed by atoms with E-state index < -0.39 is 0 Å². The molecule has 0 radical (unpaired) electrons. The predicted molar refractivity (Wildman–Crippen MR) is 93.6 cm³/mol. The van der Waals surface area contributed by atoms with Gasteiger partial charge in [-0.25, -0.2) is 0 Å². The van der Waals surface area contributed by atoms with Crippen molar-refractivity contribution in [3.8, 4) is 18.1 Å². The van der Waals surface area contributed by atoms with Crippen LogP contribution in [0.15, 0.2) is 22.7 Å². The zero-order valence-electron chi connectivity index (χ0n) is 13.0. The Bertz CT molecular complexity index is 439. The maximum atomic E-state index is 5.57. The lowest BCUT2D eigenvalue weighted by Crippen LogP contribution is -2.15. The van der Waals surface area contributed by atoms with Crippen LogP contribution >= 0.6 is 15.9 Å². The number of unbranched alkanes of at least 4 members (excludes halogenated alkanes) is 5. The number of nitrogens with one attached hydrogen (secondary N) is 1. The summed E-state index contributed by atoms with van der Waals surface area (Å²) < 4.78 is 6.63. The number of hydrogen-bond acceptors (Lipinski definition) is 2. The monoisotopic (exact) mass is 351 g/mol. The van der Waals surface area contributed by atoms with E-state index in [9.17, 15) is 0 Å². The van der Waals surface area contributed by atoms with Gasteiger partial charge in [0.25, 0.3) is 0 Å². The van der Waals surface area contributed by atoms with Gasteiger partial charge in [0.15, 0.2) is 0 Å². The molecule has 3 heteroatoms. The summed E-state index contributed by atoms with van der Waals surface area (Å²) in [6.45, 7) is 4.42. The predicted octanol–water partition coefficient (Wildman–Crippen LogP) is 4.91. The zero-order valence-corrected chi connectivity index (χ0v) is 14.5. The smallest absolute Gasteiger partial charge is 0.148 e. The highest BCUT2D eigenvalue weighted by Gasteiger charge is 2.04. The molecule has 2 nitrogen and oxygen atoms in total. The lowest BCUT2D eigenvalue weighted by Gasteiger charge is -2.11. The van der Waals surface area contributed by atoms with Crippen molar-refractivity contribution in [1.29, 1.82) is 0 Å². The van der Waals surface area contributed by atoms with Crippen LogP contribution in [0.25, 0.3) is 0 Å². The van der Waals surface area contributed by atoms with Crippen LogP contribution in [0.2, 0.25) is 0 Å². The molecule has 0 saturated heterocycles. The maximum absolute atomic E-state index is 5.57. The summed E-state index contributed by atoms with van der Waals surface area (Å²) in [5.41, 5.74) is 1.14. The maximum Gasteiger partial charge on any atom is 0.148 e. The van der Waals surface area contributed by atoms with E-state index in [1.807, 2.05) is 12.1 Å². The number of ether oxygens (including phenoxy) is 1. The minimum atomic E-state index is 0.312. The van der Waals surface area contributed by atoms with Crippen LogP contribution in [0.1, 0.15) is 51.0 Å². The lowest BCUT2D eigenvalue weighted by molar-refractivity contribution is 0.364.